The van der Waals surface area contributed by atoms with Crippen LogP contribution in [0.4, 0.5) is 5.69 Å². The van der Waals surface area contributed by atoms with Gasteiger partial charge in [0.25, 0.3) is 0 Å². The Labute approximate surface area is 138 Å². The summed E-state index contributed by atoms with van der Waals surface area (Å²) < 4.78 is 0. The topological polar surface area (TPSA) is 15.3 Å². The minimum atomic E-state index is 0.667. The fourth-order valence-electron chi connectivity index (χ4n) is 2.57. The van der Waals surface area contributed by atoms with Gasteiger partial charge in [-0.25, -0.2) is 0 Å². The minimum absolute atomic E-state index is 0.667. The van der Waals surface area contributed by atoms with Gasteiger partial charge in [-0.15, -0.1) is 0 Å². The number of benzene rings is 1. The number of nitrogens with one attached hydrogen (secondary N) is 1. The van der Waals surface area contributed by atoms with Crippen LogP contribution in [0.5, 0.6) is 0 Å². The molecule has 1 aliphatic rings. The summed E-state index contributed by atoms with van der Waals surface area (Å²) in [7, 11) is 0. The van der Waals surface area contributed by atoms with Crippen LogP contribution in [-0.4, -0.2) is 30.6 Å². The molecule has 1 atom stereocenters. The zero-order valence-electron chi connectivity index (χ0n) is 13.4. The molecule has 0 spiro atoms. The molecule has 1 fully saturated rings. The SMILES string of the molecule is CCC1CN(c2ccc(CNCC(C)C)c(Cl)c2)CCS1. The van der Waals surface area contributed by atoms with Crippen molar-refractivity contribution in [1.82, 2.24) is 5.32 Å². The van der Waals surface area contributed by atoms with Crippen molar-refractivity contribution in [3.05, 3.63) is 28.8 Å². The van der Waals surface area contributed by atoms with Crippen LogP contribution >= 0.6 is 23.4 Å². The summed E-state index contributed by atoms with van der Waals surface area (Å²) in [5.41, 5.74) is 2.46. The summed E-state index contributed by atoms with van der Waals surface area (Å²) in [6, 6.07) is 6.53. The molecule has 0 aliphatic carbocycles. The van der Waals surface area contributed by atoms with Gasteiger partial charge in [0, 0.05) is 41.3 Å². The standard InChI is InChI=1S/C17H27ClN2S/c1-4-16-12-20(7-8-21-16)15-6-5-14(17(18)9-15)11-19-10-13(2)3/h5-6,9,13,16,19H,4,7-8,10-12H2,1-3H3. The van der Waals surface area contributed by atoms with E-state index >= 15 is 0 Å². The van der Waals surface area contributed by atoms with Crippen molar-refractivity contribution < 1.29 is 0 Å². The van der Waals surface area contributed by atoms with Gasteiger partial charge in [0.15, 0.2) is 0 Å². The Hall–Kier alpha value is -0.380. The van der Waals surface area contributed by atoms with E-state index in [0.717, 1.165) is 36.5 Å². The van der Waals surface area contributed by atoms with E-state index in [9.17, 15) is 0 Å². The van der Waals surface area contributed by atoms with E-state index < -0.39 is 0 Å². The van der Waals surface area contributed by atoms with Crippen molar-refractivity contribution >= 4 is 29.1 Å². The first-order valence-electron chi connectivity index (χ1n) is 7.95. The van der Waals surface area contributed by atoms with E-state index in [-0.39, 0.29) is 0 Å². The Morgan fingerprint density at radius 2 is 2.24 bits per heavy atom. The summed E-state index contributed by atoms with van der Waals surface area (Å²) in [4.78, 5) is 2.47. The van der Waals surface area contributed by atoms with Crippen molar-refractivity contribution in [3.63, 3.8) is 0 Å². The molecule has 1 aromatic rings. The lowest BCUT2D eigenvalue weighted by atomic mass is 10.1. The van der Waals surface area contributed by atoms with Crippen LogP contribution in [0.15, 0.2) is 18.2 Å². The molecule has 21 heavy (non-hydrogen) atoms. The molecular weight excluding hydrogens is 300 g/mol. The zero-order chi connectivity index (χ0) is 15.2. The van der Waals surface area contributed by atoms with Crippen LogP contribution in [-0.2, 0) is 6.54 Å². The molecule has 1 heterocycles. The average Bonchev–Trinajstić information content (AvgIpc) is 2.48. The lowest BCUT2D eigenvalue weighted by Gasteiger charge is -2.34. The first-order valence-corrected chi connectivity index (χ1v) is 9.38. The molecular formula is C17H27ClN2S. The van der Waals surface area contributed by atoms with Crippen LogP contribution in [0, 0.1) is 5.92 Å². The highest BCUT2D eigenvalue weighted by Crippen LogP contribution is 2.29. The zero-order valence-corrected chi connectivity index (χ0v) is 14.9. The maximum Gasteiger partial charge on any atom is 0.0471 e. The predicted molar refractivity (Wildman–Crippen MR) is 96.7 cm³/mol. The van der Waals surface area contributed by atoms with Crippen molar-refractivity contribution in [1.29, 1.82) is 0 Å². The molecule has 4 heteroatoms. The number of halogens is 1. The van der Waals surface area contributed by atoms with Crippen LogP contribution in [0.1, 0.15) is 32.8 Å². The highest BCUT2D eigenvalue weighted by atomic mass is 35.5. The lowest BCUT2D eigenvalue weighted by Crippen LogP contribution is -2.37. The fourth-order valence-corrected chi connectivity index (χ4v) is 3.99. The normalized spacial score (nSPS) is 19.3. The van der Waals surface area contributed by atoms with E-state index in [2.05, 4.69) is 60.9 Å². The highest BCUT2D eigenvalue weighted by molar-refractivity contribution is 8.00. The molecule has 2 rings (SSSR count). The Kier molecular flexibility index (Phi) is 6.72. The second kappa shape index (κ2) is 8.30. The molecule has 1 aliphatic heterocycles. The molecule has 0 amide bonds. The summed E-state index contributed by atoms with van der Waals surface area (Å²) in [6.07, 6.45) is 1.24. The number of thioether (sulfide) groups is 1. The fraction of sp³-hybridized carbons (Fsp3) is 0.647. The third-order valence-electron chi connectivity index (χ3n) is 3.86. The number of hydrogen-bond acceptors (Lipinski definition) is 3. The molecule has 2 nitrogen and oxygen atoms in total. The predicted octanol–water partition coefficient (Wildman–Crippen LogP) is 4.42. The van der Waals surface area contributed by atoms with Crippen molar-refractivity contribution in [2.24, 2.45) is 5.92 Å². The third-order valence-corrected chi connectivity index (χ3v) is 5.59. The van der Waals surface area contributed by atoms with Crippen LogP contribution in [0.25, 0.3) is 0 Å². The Morgan fingerprint density at radius 1 is 1.43 bits per heavy atom. The summed E-state index contributed by atoms with van der Waals surface area (Å²) in [5.74, 6) is 1.88. The van der Waals surface area contributed by atoms with Gasteiger partial charge >= 0.3 is 0 Å². The second-order valence-electron chi connectivity index (χ2n) is 6.15. The van der Waals surface area contributed by atoms with E-state index in [1.807, 2.05) is 0 Å². The Balaban J connectivity index is 1.97. The maximum atomic E-state index is 6.46. The van der Waals surface area contributed by atoms with E-state index in [0.29, 0.717) is 5.92 Å². The Morgan fingerprint density at radius 3 is 2.90 bits per heavy atom. The average molecular weight is 327 g/mol. The summed E-state index contributed by atoms with van der Waals surface area (Å²) in [6.45, 7) is 10.9. The van der Waals surface area contributed by atoms with E-state index in [1.165, 1.54) is 23.4 Å². The van der Waals surface area contributed by atoms with Gasteiger partial charge in [0.2, 0.25) is 0 Å². The molecule has 1 N–H and O–H groups in total. The molecule has 0 bridgehead atoms. The molecule has 118 valence electrons. The number of nitrogens with zero attached hydrogens (tertiary/aromatic N) is 1. The molecule has 0 saturated carbocycles. The van der Waals surface area contributed by atoms with Gasteiger partial charge in [-0.05, 0) is 36.6 Å². The second-order valence-corrected chi connectivity index (χ2v) is 7.96. The molecule has 1 saturated heterocycles. The smallest absolute Gasteiger partial charge is 0.0471 e. The van der Waals surface area contributed by atoms with Crippen molar-refractivity contribution in [2.75, 3.05) is 30.3 Å². The number of hydrogen-bond donors (Lipinski definition) is 1. The minimum Gasteiger partial charge on any atom is -0.370 e. The third kappa shape index (κ3) is 5.08. The van der Waals surface area contributed by atoms with Gasteiger partial charge < -0.3 is 10.2 Å². The van der Waals surface area contributed by atoms with Gasteiger partial charge in [-0.2, -0.15) is 11.8 Å². The van der Waals surface area contributed by atoms with Crippen molar-refractivity contribution in [3.8, 4) is 0 Å². The Bertz CT molecular complexity index is 450. The largest absolute Gasteiger partial charge is 0.370 e. The summed E-state index contributed by atoms with van der Waals surface area (Å²) in [5, 5.41) is 5.09. The van der Waals surface area contributed by atoms with Crippen LogP contribution in [0.2, 0.25) is 5.02 Å². The molecule has 1 unspecified atom stereocenters. The van der Waals surface area contributed by atoms with Crippen LogP contribution in [0.3, 0.4) is 0 Å². The summed E-state index contributed by atoms with van der Waals surface area (Å²) >= 11 is 8.56. The first-order chi connectivity index (χ1) is 10.1. The highest BCUT2D eigenvalue weighted by Gasteiger charge is 2.19. The van der Waals surface area contributed by atoms with Gasteiger partial charge in [0.05, 0.1) is 0 Å². The van der Waals surface area contributed by atoms with Gasteiger partial charge in [-0.1, -0.05) is 38.4 Å². The lowest BCUT2D eigenvalue weighted by molar-refractivity contribution is 0.552. The van der Waals surface area contributed by atoms with Crippen LogP contribution < -0.4 is 10.2 Å². The number of anilines is 1. The van der Waals surface area contributed by atoms with Gasteiger partial charge in [-0.3, -0.25) is 0 Å². The molecule has 0 radical (unpaired) electrons. The monoisotopic (exact) mass is 326 g/mol. The van der Waals surface area contributed by atoms with E-state index in [1.54, 1.807) is 0 Å². The first kappa shape index (κ1) is 17.0. The molecule has 0 aromatic heterocycles. The quantitative estimate of drug-likeness (QED) is 0.833. The van der Waals surface area contributed by atoms with Crippen molar-refractivity contribution in [2.45, 2.75) is 39.0 Å². The van der Waals surface area contributed by atoms with E-state index in [4.69, 9.17) is 11.6 Å². The molecule has 1 aromatic carbocycles. The van der Waals surface area contributed by atoms with Gasteiger partial charge in [0.1, 0.15) is 0 Å². The number of rotatable bonds is 6. The maximum absolute atomic E-state index is 6.46.